The third kappa shape index (κ3) is 1.69. The molecule has 0 fully saturated rings. The Morgan fingerprint density at radius 1 is 1.36 bits per heavy atom. The number of carboxylic acid groups (broad SMARTS) is 1. The van der Waals surface area contributed by atoms with Gasteiger partial charge in [-0.05, 0) is 18.9 Å². The van der Waals surface area contributed by atoms with Crippen LogP contribution in [0.5, 0.6) is 0 Å². The van der Waals surface area contributed by atoms with Crippen molar-refractivity contribution in [2.75, 3.05) is 0 Å². The maximum atomic E-state index is 11.2. The average Bonchev–Trinajstić information content (AvgIpc) is 2.77. The molecule has 0 aromatic carbocycles. The van der Waals surface area contributed by atoms with Crippen LogP contribution in [0.2, 0.25) is 0 Å². The summed E-state index contributed by atoms with van der Waals surface area (Å²) in [6.45, 7) is 0.637. The highest BCUT2D eigenvalue weighted by atomic mass is 16.4. The molecule has 0 aromatic rings. The molecule has 0 bridgehead atoms. The lowest BCUT2D eigenvalue weighted by atomic mass is 10.2. The number of rotatable bonds is 5. The third-order valence-corrected chi connectivity index (χ3v) is 2.36. The minimum Gasteiger partial charge on any atom is -0.481 e. The van der Waals surface area contributed by atoms with E-state index in [-0.39, 0.29) is 12.0 Å². The van der Waals surface area contributed by atoms with E-state index in [4.69, 9.17) is 5.11 Å². The van der Waals surface area contributed by atoms with Gasteiger partial charge in [0.05, 0.1) is 5.69 Å². The molecular formula is C10H11NO3. The van der Waals surface area contributed by atoms with Gasteiger partial charge in [-0.3, -0.25) is 9.59 Å². The van der Waals surface area contributed by atoms with Crippen molar-refractivity contribution in [3.8, 4) is 11.3 Å². The van der Waals surface area contributed by atoms with Crippen LogP contribution in [0.25, 0.3) is 11.3 Å². The monoisotopic (exact) mass is 193 g/mol. The molecule has 0 amide bonds. The van der Waals surface area contributed by atoms with Crippen molar-refractivity contribution in [1.82, 2.24) is 4.57 Å². The van der Waals surface area contributed by atoms with Gasteiger partial charge in [-0.15, -0.1) is 0 Å². The number of carboxylic acids is 1. The first-order chi connectivity index (χ1) is 6.68. The van der Waals surface area contributed by atoms with Crippen LogP contribution < -0.4 is 5.56 Å². The summed E-state index contributed by atoms with van der Waals surface area (Å²) < 4.78 is 1.71. The van der Waals surface area contributed by atoms with Gasteiger partial charge in [0.1, 0.15) is 0 Å². The van der Waals surface area contributed by atoms with Crippen LogP contribution in [-0.2, 0) is 11.3 Å². The Morgan fingerprint density at radius 2 is 2.14 bits per heavy atom. The van der Waals surface area contributed by atoms with Gasteiger partial charge >= 0.3 is 5.97 Å². The summed E-state index contributed by atoms with van der Waals surface area (Å²) in [5, 5.41) is 8.42. The zero-order chi connectivity index (χ0) is 10.1. The van der Waals surface area contributed by atoms with E-state index in [1.165, 1.54) is 0 Å². The van der Waals surface area contributed by atoms with Gasteiger partial charge in [0.25, 0.3) is 5.56 Å². The van der Waals surface area contributed by atoms with E-state index in [2.05, 4.69) is 0 Å². The Balaban J connectivity index is 1.82. The van der Waals surface area contributed by atoms with E-state index in [0.717, 1.165) is 17.7 Å². The molecule has 2 aliphatic rings. The topological polar surface area (TPSA) is 59.3 Å². The number of aliphatic carboxylic acids is 1. The summed E-state index contributed by atoms with van der Waals surface area (Å²) in [5.74, 6) is -0.776. The predicted molar refractivity (Wildman–Crippen MR) is 51.2 cm³/mol. The van der Waals surface area contributed by atoms with Gasteiger partial charge in [0.15, 0.2) is 0 Å². The Morgan fingerprint density at radius 3 is 2.71 bits per heavy atom. The minimum atomic E-state index is -0.776. The molecular weight excluding hydrogens is 182 g/mol. The molecule has 0 radical (unpaired) electrons. The molecule has 4 nitrogen and oxygen atoms in total. The molecule has 1 aliphatic carbocycles. The Bertz CT molecular complexity index is 433. The van der Waals surface area contributed by atoms with Crippen LogP contribution in [-0.4, -0.2) is 15.6 Å². The van der Waals surface area contributed by atoms with Gasteiger partial charge < -0.3 is 9.67 Å². The van der Waals surface area contributed by atoms with Crippen molar-refractivity contribution in [2.45, 2.75) is 25.8 Å². The molecule has 1 N–H and O–H groups in total. The lowest BCUT2D eigenvalue weighted by molar-refractivity contribution is -0.137. The number of aromatic nitrogens is 1. The van der Waals surface area contributed by atoms with Gasteiger partial charge in [-0.25, -0.2) is 0 Å². The molecule has 1 heterocycles. The fraction of sp³-hybridized carbons (Fsp3) is 0.400. The molecule has 74 valence electrons. The van der Waals surface area contributed by atoms with Crippen LogP contribution in [0.3, 0.4) is 0 Å². The smallest absolute Gasteiger partial charge is 0.303 e. The maximum Gasteiger partial charge on any atom is 0.303 e. The van der Waals surface area contributed by atoms with E-state index >= 15 is 0 Å². The van der Waals surface area contributed by atoms with Crippen molar-refractivity contribution in [2.24, 2.45) is 0 Å². The molecule has 0 saturated heterocycles. The number of carbonyl (C=O) groups is 1. The predicted octanol–water partition coefficient (Wildman–Crippen LogP) is 1.08. The highest BCUT2D eigenvalue weighted by Gasteiger charge is 2.19. The maximum absolute atomic E-state index is 11.2. The molecule has 0 aromatic heterocycles. The molecule has 2 rings (SSSR count). The van der Waals surface area contributed by atoms with E-state index < -0.39 is 5.97 Å². The number of hydrogen-bond donors (Lipinski definition) is 1. The lowest BCUT2D eigenvalue weighted by Crippen LogP contribution is -2.14. The van der Waals surface area contributed by atoms with Crippen LogP contribution in [0.15, 0.2) is 16.9 Å². The normalized spacial score (nSPS) is 11.4. The van der Waals surface area contributed by atoms with Gasteiger partial charge in [0, 0.05) is 24.6 Å². The van der Waals surface area contributed by atoms with E-state index in [9.17, 15) is 9.59 Å². The number of pyridine rings is 1. The van der Waals surface area contributed by atoms with E-state index in [1.807, 2.05) is 6.07 Å². The Kier molecular flexibility index (Phi) is 2.11. The van der Waals surface area contributed by atoms with Crippen LogP contribution in [0.1, 0.15) is 19.3 Å². The molecule has 1 aliphatic heterocycles. The van der Waals surface area contributed by atoms with E-state index in [0.29, 0.717) is 13.0 Å². The largest absolute Gasteiger partial charge is 0.481 e. The van der Waals surface area contributed by atoms with Crippen molar-refractivity contribution < 1.29 is 9.90 Å². The first-order valence-electron chi connectivity index (χ1n) is 4.65. The second-order valence-corrected chi connectivity index (χ2v) is 3.47. The summed E-state index contributed by atoms with van der Waals surface area (Å²) in [4.78, 5) is 21.5. The van der Waals surface area contributed by atoms with Gasteiger partial charge in [0.2, 0.25) is 0 Å². The SMILES string of the molecule is O=C(O)CCCCn1c2cc-2cc1=O. The summed E-state index contributed by atoms with van der Waals surface area (Å²) in [5.41, 5.74) is 2.09. The van der Waals surface area contributed by atoms with Crippen molar-refractivity contribution in [3.63, 3.8) is 0 Å². The summed E-state index contributed by atoms with van der Waals surface area (Å²) >= 11 is 0. The first-order valence-corrected chi connectivity index (χ1v) is 4.65. The van der Waals surface area contributed by atoms with Crippen molar-refractivity contribution in [3.05, 3.63) is 22.5 Å². The zero-order valence-electron chi connectivity index (χ0n) is 7.69. The molecule has 0 saturated carbocycles. The fourth-order valence-electron chi connectivity index (χ4n) is 1.57. The quantitative estimate of drug-likeness (QED) is 0.723. The second kappa shape index (κ2) is 3.29. The highest BCUT2D eigenvalue weighted by molar-refractivity contribution is 5.76. The third-order valence-electron chi connectivity index (χ3n) is 2.36. The summed E-state index contributed by atoms with van der Waals surface area (Å²) in [6, 6.07) is 3.57. The lowest BCUT2D eigenvalue weighted by Gasteiger charge is -2.00. The number of fused-ring (bicyclic) bond motifs is 1. The summed E-state index contributed by atoms with van der Waals surface area (Å²) in [6.07, 6.45) is 1.56. The standard InChI is InChI=1S/C10H11NO3/c12-9-6-7-5-8(7)11(9)4-2-1-3-10(13)14/h5-6H,1-4H2,(H,13,14). The molecule has 0 atom stereocenters. The molecule has 14 heavy (non-hydrogen) atoms. The van der Waals surface area contributed by atoms with Crippen LogP contribution in [0, 0.1) is 0 Å². The van der Waals surface area contributed by atoms with Crippen LogP contribution in [0.4, 0.5) is 0 Å². The van der Waals surface area contributed by atoms with Gasteiger partial charge in [-0.2, -0.15) is 0 Å². The Labute approximate surface area is 80.8 Å². The van der Waals surface area contributed by atoms with Crippen molar-refractivity contribution >= 4 is 5.97 Å². The number of unbranched alkanes of at least 4 members (excludes halogenated alkanes) is 1. The summed E-state index contributed by atoms with van der Waals surface area (Å²) in [7, 11) is 0. The van der Waals surface area contributed by atoms with Crippen LogP contribution >= 0.6 is 0 Å². The van der Waals surface area contributed by atoms with Crippen molar-refractivity contribution in [1.29, 1.82) is 0 Å². The molecule has 0 spiro atoms. The van der Waals surface area contributed by atoms with Gasteiger partial charge in [-0.1, -0.05) is 0 Å². The highest BCUT2D eigenvalue weighted by Crippen LogP contribution is 2.31. The number of hydrogen-bond acceptors (Lipinski definition) is 2. The number of nitrogens with zero attached hydrogens (tertiary/aromatic N) is 1. The fourth-order valence-corrected chi connectivity index (χ4v) is 1.57. The first kappa shape index (κ1) is 8.99. The zero-order valence-corrected chi connectivity index (χ0v) is 7.69. The van der Waals surface area contributed by atoms with E-state index in [1.54, 1.807) is 10.6 Å². The molecule has 4 heteroatoms. The average molecular weight is 193 g/mol. The Hall–Kier alpha value is -1.58. The molecule has 0 unspecified atom stereocenters. The second-order valence-electron chi connectivity index (χ2n) is 3.47. The minimum absolute atomic E-state index is 0.0350.